The Morgan fingerprint density at radius 3 is 2.20 bits per heavy atom. The molecule has 0 atom stereocenters. The average Bonchev–Trinajstić information content (AvgIpc) is 2.00. The average molecular weight is 182 g/mol. The predicted molar refractivity (Wildman–Crippen MR) is 48.5 cm³/mol. The van der Waals surface area contributed by atoms with Crippen molar-refractivity contribution in [3.8, 4) is 0 Å². The molecule has 0 aromatic heterocycles. The number of rotatable bonds is 5. The van der Waals surface area contributed by atoms with Gasteiger partial charge < -0.3 is 0 Å². The number of nitrogens with one attached hydrogen (secondary N) is 2. The van der Waals surface area contributed by atoms with E-state index in [1.807, 2.05) is 0 Å². The predicted octanol–water partition coefficient (Wildman–Crippen LogP) is 1.68. The van der Waals surface area contributed by atoms with Gasteiger partial charge in [-0.15, -0.1) is 0 Å². The van der Waals surface area contributed by atoms with Crippen molar-refractivity contribution in [1.82, 2.24) is 10.2 Å². The van der Waals surface area contributed by atoms with Gasteiger partial charge in [0.15, 0.2) is 0 Å². The zero-order chi connectivity index (χ0) is 8.04. The third-order valence-electron chi connectivity index (χ3n) is 1.07. The van der Waals surface area contributed by atoms with E-state index >= 15 is 0 Å². The Morgan fingerprint density at radius 1 is 1.40 bits per heavy atom. The molecule has 0 amide bonds. The Hall–Kier alpha value is 0.500. The van der Waals surface area contributed by atoms with Crippen LogP contribution in [0.2, 0.25) is 0 Å². The smallest absolute Gasteiger partial charge is 0.265 e. The summed E-state index contributed by atoms with van der Waals surface area (Å²) in [5.74, 6) is 0.930. The molecule has 0 aliphatic carbocycles. The Labute approximate surface area is 66.6 Å². The summed E-state index contributed by atoms with van der Waals surface area (Å²) in [7, 11) is 3.42. The van der Waals surface area contributed by atoms with E-state index in [2.05, 4.69) is 17.1 Å². The van der Waals surface area contributed by atoms with Crippen molar-refractivity contribution in [3.05, 3.63) is 0 Å². The Balaban J connectivity index is 3.70. The molecule has 10 heavy (non-hydrogen) atoms. The van der Waals surface area contributed by atoms with Gasteiger partial charge in [-0.05, 0) is 20.5 Å². The normalized spacial score (nSPS) is 11.9. The van der Waals surface area contributed by atoms with E-state index in [9.17, 15) is 4.57 Å². The van der Waals surface area contributed by atoms with E-state index in [1.165, 1.54) is 11.4 Å². The van der Waals surface area contributed by atoms with Crippen LogP contribution in [-0.2, 0) is 4.57 Å². The third kappa shape index (κ3) is 3.62. The van der Waals surface area contributed by atoms with Crippen LogP contribution >= 0.6 is 18.0 Å². The van der Waals surface area contributed by atoms with Gasteiger partial charge in [0.25, 0.3) is 6.65 Å². The lowest BCUT2D eigenvalue weighted by atomic mass is 10.6. The first kappa shape index (κ1) is 10.5. The number of hydrogen-bond acceptors (Lipinski definition) is 2. The molecule has 3 nitrogen and oxygen atoms in total. The first-order valence-electron chi connectivity index (χ1n) is 3.31. The maximum Gasteiger partial charge on any atom is 0.265 e. The summed E-state index contributed by atoms with van der Waals surface area (Å²) in [6.45, 7) is -0.209. The molecule has 0 aromatic rings. The Morgan fingerprint density at radius 2 is 1.90 bits per heavy atom. The summed E-state index contributed by atoms with van der Waals surface area (Å²) < 4.78 is 11.5. The lowest BCUT2D eigenvalue weighted by molar-refractivity contribution is 0.574. The molecule has 0 saturated carbocycles. The molecule has 0 unspecified atom stereocenters. The largest absolute Gasteiger partial charge is 0.277 e. The molecule has 0 rings (SSSR count). The van der Waals surface area contributed by atoms with Crippen LogP contribution in [0.5, 0.6) is 0 Å². The Bertz CT molecular complexity index is 123. The van der Waals surface area contributed by atoms with Gasteiger partial charge in [0.2, 0.25) is 0 Å². The summed E-state index contributed by atoms with van der Waals surface area (Å²) in [4.78, 5) is 0. The van der Waals surface area contributed by atoms with Crippen molar-refractivity contribution in [3.63, 3.8) is 0 Å². The second-order valence-electron chi connectivity index (χ2n) is 1.83. The summed E-state index contributed by atoms with van der Waals surface area (Å²) >= 11 is 1.46. The minimum atomic E-state index is -2.28. The highest BCUT2D eigenvalue weighted by Gasteiger charge is 2.15. The molecule has 2 N–H and O–H groups in total. The first-order chi connectivity index (χ1) is 4.68. The molecule has 0 aliphatic heterocycles. The second kappa shape index (κ2) is 5.19. The standard InChI is InChI=1S/C5H15N2OPS/c1-4-5-10-9(8,6-2)7-3/h4-5H2,1-3H3,(H2,6,7,8). The monoisotopic (exact) mass is 182 g/mol. The molecule has 0 fully saturated rings. The lowest BCUT2D eigenvalue weighted by Gasteiger charge is -2.13. The molecular formula is C5H15N2OPS. The fraction of sp³-hybridized carbons (Fsp3) is 1.00. The van der Waals surface area contributed by atoms with Crippen LogP contribution in [0.3, 0.4) is 0 Å². The van der Waals surface area contributed by atoms with Crippen LogP contribution in [0.1, 0.15) is 13.3 Å². The quantitative estimate of drug-likeness (QED) is 0.635. The van der Waals surface area contributed by atoms with E-state index < -0.39 is 6.65 Å². The lowest BCUT2D eigenvalue weighted by Crippen LogP contribution is -2.12. The second-order valence-corrected chi connectivity index (χ2v) is 6.81. The molecule has 0 spiro atoms. The molecule has 0 aliphatic rings. The van der Waals surface area contributed by atoms with Crippen LogP contribution in [-0.4, -0.2) is 19.8 Å². The third-order valence-corrected chi connectivity index (χ3v) is 5.93. The first-order valence-corrected chi connectivity index (χ1v) is 6.61. The van der Waals surface area contributed by atoms with Crippen molar-refractivity contribution >= 4 is 18.0 Å². The minimum absolute atomic E-state index is 0.930. The van der Waals surface area contributed by atoms with E-state index in [4.69, 9.17) is 0 Å². The van der Waals surface area contributed by atoms with Crippen LogP contribution < -0.4 is 10.2 Å². The molecular weight excluding hydrogens is 167 g/mol. The van der Waals surface area contributed by atoms with Crippen molar-refractivity contribution in [2.24, 2.45) is 0 Å². The van der Waals surface area contributed by atoms with Gasteiger partial charge in [0.05, 0.1) is 0 Å². The molecule has 0 heterocycles. The van der Waals surface area contributed by atoms with Gasteiger partial charge in [-0.1, -0.05) is 18.3 Å². The van der Waals surface area contributed by atoms with Crippen molar-refractivity contribution in [2.45, 2.75) is 13.3 Å². The van der Waals surface area contributed by atoms with Crippen molar-refractivity contribution in [2.75, 3.05) is 19.8 Å². The van der Waals surface area contributed by atoms with Gasteiger partial charge >= 0.3 is 0 Å². The maximum atomic E-state index is 11.5. The summed E-state index contributed by atoms with van der Waals surface area (Å²) in [5.41, 5.74) is 0. The highest BCUT2D eigenvalue weighted by atomic mass is 32.7. The highest BCUT2D eigenvalue weighted by Crippen LogP contribution is 2.49. The minimum Gasteiger partial charge on any atom is -0.277 e. The Kier molecular flexibility index (Phi) is 5.45. The van der Waals surface area contributed by atoms with Gasteiger partial charge in [0.1, 0.15) is 0 Å². The molecule has 62 valence electrons. The fourth-order valence-corrected chi connectivity index (χ4v) is 3.48. The van der Waals surface area contributed by atoms with Gasteiger partial charge in [0, 0.05) is 5.75 Å². The topological polar surface area (TPSA) is 41.1 Å². The van der Waals surface area contributed by atoms with E-state index in [0.717, 1.165) is 12.2 Å². The summed E-state index contributed by atoms with van der Waals surface area (Å²) in [5, 5.41) is 5.54. The summed E-state index contributed by atoms with van der Waals surface area (Å²) in [6, 6.07) is 0. The van der Waals surface area contributed by atoms with Crippen LogP contribution in [0.15, 0.2) is 0 Å². The SMILES string of the molecule is CCCSP(=O)(NC)NC. The zero-order valence-electron chi connectivity index (χ0n) is 6.68. The highest BCUT2D eigenvalue weighted by molar-refractivity contribution is 8.56. The van der Waals surface area contributed by atoms with E-state index in [-0.39, 0.29) is 0 Å². The molecule has 0 aromatic carbocycles. The molecule has 5 heteroatoms. The number of hydrogen-bond donors (Lipinski definition) is 2. The van der Waals surface area contributed by atoms with E-state index in [1.54, 1.807) is 14.1 Å². The molecule has 0 bridgehead atoms. The van der Waals surface area contributed by atoms with Crippen molar-refractivity contribution in [1.29, 1.82) is 0 Å². The van der Waals surface area contributed by atoms with Crippen LogP contribution in [0.4, 0.5) is 0 Å². The fourth-order valence-electron chi connectivity index (χ4n) is 0.461. The van der Waals surface area contributed by atoms with Gasteiger partial charge in [-0.25, -0.2) is 10.2 Å². The summed E-state index contributed by atoms with van der Waals surface area (Å²) in [6.07, 6.45) is 1.05. The van der Waals surface area contributed by atoms with E-state index in [0.29, 0.717) is 0 Å². The van der Waals surface area contributed by atoms with Crippen LogP contribution in [0, 0.1) is 0 Å². The zero-order valence-corrected chi connectivity index (χ0v) is 8.39. The van der Waals surface area contributed by atoms with Crippen LogP contribution in [0.25, 0.3) is 0 Å². The van der Waals surface area contributed by atoms with Gasteiger partial charge in [-0.2, -0.15) is 0 Å². The maximum absolute atomic E-state index is 11.5. The molecule has 0 radical (unpaired) electrons. The molecule has 0 saturated heterocycles. The van der Waals surface area contributed by atoms with Gasteiger partial charge in [-0.3, -0.25) is 4.57 Å². The van der Waals surface area contributed by atoms with Crippen molar-refractivity contribution < 1.29 is 4.57 Å².